The third kappa shape index (κ3) is 2.83. The zero-order valence-corrected chi connectivity index (χ0v) is 8.10. The van der Waals surface area contributed by atoms with Crippen LogP contribution in [-0.4, -0.2) is 23.9 Å². The van der Waals surface area contributed by atoms with Gasteiger partial charge in [-0.3, -0.25) is 0 Å². The molecule has 0 heterocycles. The van der Waals surface area contributed by atoms with E-state index in [-0.39, 0.29) is 6.10 Å². The normalized spacial score (nSPS) is 28.1. The lowest BCUT2D eigenvalue weighted by atomic mass is 10.0. The van der Waals surface area contributed by atoms with E-state index >= 15 is 0 Å². The van der Waals surface area contributed by atoms with E-state index < -0.39 is 6.10 Å². The van der Waals surface area contributed by atoms with Gasteiger partial charge in [0.1, 0.15) is 12.2 Å². The maximum Gasteiger partial charge on any atom is 0.105 e. The van der Waals surface area contributed by atoms with E-state index in [9.17, 15) is 5.11 Å². The Kier molecular flexibility index (Phi) is 3.93. The highest BCUT2D eigenvalue weighted by Crippen LogP contribution is 2.14. The number of ether oxygens (including phenoxy) is 1. The summed E-state index contributed by atoms with van der Waals surface area (Å²) in [6.45, 7) is 4.50. The first-order valence-corrected chi connectivity index (χ1v) is 4.60. The number of rotatable bonds is 3. The van der Waals surface area contributed by atoms with Crippen LogP contribution in [0.3, 0.4) is 0 Å². The SMILES string of the molecule is C/C=C\C1=CC(O)C(OCC)C=C1. The quantitative estimate of drug-likeness (QED) is 0.718. The van der Waals surface area contributed by atoms with Gasteiger partial charge in [-0.1, -0.05) is 24.3 Å². The van der Waals surface area contributed by atoms with Gasteiger partial charge in [0.15, 0.2) is 0 Å². The number of aliphatic hydroxyl groups excluding tert-OH is 1. The standard InChI is InChI=1S/C11H16O2/c1-3-5-9-6-7-11(13-4-2)10(12)8-9/h3,5-8,10-12H,4H2,1-2H3/b5-3-. The van der Waals surface area contributed by atoms with Crippen LogP contribution in [0.4, 0.5) is 0 Å². The van der Waals surface area contributed by atoms with Crippen LogP contribution in [0.15, 0.2) is 36.0 Å². The molecule has 0 aromatic rings. The van der Waals surface area contributed by atoms with E-state index in [4.69, 9.17) is 4.74 Å². The van der Waals surface area contributed by atoms with Crippen molar-refractivity contribution in [3.05, 3.63) is 36.0 Å². The maximum absolute atomic E-state index is 9.61. The molecule has 0 amide bonds. The highest BCUT2D eigenvalue weighted by molar-refractivity contribution is 5.35. The van der Waals surface area contributed by atoms with Crippen LogP contribution in [0, 0.1) is 0 Å². The molecule has 0 aliphatic heterocycles. The van der Waals surface area contributed by atoms with E-state index in [0.29, 0.717) is 6.61 Å². The van der Waals surface area contributed by atoms with Crippen molar-refractivity contribution in [3.63, 3.8) is 0 Å². The van der Waals surface area contributed by atoms with Crippen molar-refractivity contribution in [3.8, 4) is 0 Å². The third-order valence-electron chi connectivity index (χ3n) is 1.90. The lowest BCUT2D eigenvalue weighted by molar-refractivity contribution is 0.0162. The van der Waals surface area contributed by atoms with E-state index in [0.717, 1.165) is 5.57 Å². The van der Waals surface area contributed by atoms with Crippen molar-refractivity contribution in [2.75, 3.05) is 6.61 Å². The molecule has 0 aromatic carbocycles. The Morgan fingerprint density at radius 3 is 2.92 bits per heavy atom. The summed E-state index contributed by atoms with van der Waals surface area (Å²) in [6.07, 6.45) is 8.87. The van der Waals surface area contributed by atoms with Crippen molar-refractivity contribution < 1.29 is 9.84 Å². The lowest BCUT2D eigenvalue weighted by Crippen LogP contribution is -2.27. The predicted molar refractivity (Wildman–Crippen MR) is 53.5 cm³/mol. The fraction of sp³-hybridized carbons (Fsp3) is 0.455. The molecule has 1 rings (SSSR count). The zero-order valence-electron chi connectivity index (χ0n) is 8.10. The molecule has 72 valence electrons. The largest absolute Gasteiger partial charge is 0.386 e. The van der Waals surface area contributed by atoms with Gasteiger partial charge in [0, 0.05) is 6.61 Å². The number of allylic oxidation sites excluding steroid dienone is 4. The molecule has 1 aliphatic carbocycles. The van der Waals surface area contributed by atoms with Gasteiger partial charge in [-0.25, -0.2) is 0 Å². The van der Waals surface area contributed by atoms with Crippen LogP contribution >= 0.6 is 0 Å². The first-order chi connectivity index (χ1) is 6.27. The number of hydrogen-bond acceptors (Lipinski definition) is 2. The minimum absolute atomic E-state index is 0.181. The van der Waals surface area contributed by atoms with Gasteiger partial charge in [0.25, 0.3) is 0 Å². The zero-order chi connectivity index (χ0) is 9.68. The minimum atomic E-state index is -0.517. The van der Waals surface area contributed by atoms with E-state index in [2.05, 4.69) is 0 Å². The van der Waals surface area contributed by atoms with Gasteiger partial charge < -0.3 is 9.84 Å². The highest BCUT2D eigenvalue weighted by atomic mass is 16.5. The van der Waals surface area contributed by atoms with Gasteiger partial charge in [-0.15, -0.1) is 0 Å². The smallest absolute Gasteiger partial charge is 0.105 e. The third-order valence-corrected chi connectivity index (χ3v) is 1.90. The van der Waals surface area contributed by atoms with Crippen LogP contribution in [0.2, 0.25) is 0 Å². The number of hydrogen-bond donors (Lipinski definition) is 1. The summed E-state index contributed by atoms with van der Waals surface area (Å²) in [7, 11) is 0. The number of aliphatic hydroxyl groups is 1. The van der Waals surface area contributed by atoms with Crippen molar-refractivity contribution in [2.45, 2.75) is 26.1 Å². The Morgan fingerprint density at radius 2 is 2.38 bits per heavy atom. The summed E-state index contributed by atoms with van der Waals surface area (Å²) in [6, 6.07) is 0. The molecular formula is C11H16O2. The van der Waals surface area contributed by atoms with Gasteiger partial charge in [-0.05, 0) is 25.5 Å². The van der Waals surface area contributed by atoms with Crippen molar-refractivity contribution >= 4 is 0 Å². The molecule has 0 fully saturated rings. The van der Waals surface area contributed by atoms with Gasteiger partial charge in [-0.2, -0.15) is 0 Å². The molecule has 0 spiro atoms. The molecule has 0 bridgehead atoms. The van der Waals surface area contributed by atoms with Crippen LogP contribution in [0.5, 0.6) is 0 Å². The van der Waals surface area contributed by atoms with Crippen molar-refractivity contribution in [1.29, 1.82) is 0 Å². The summed E-state index contributed by atoms with van der Waals surface area (Å²) in [4.78, 5) is 0. The summed E-state index contributed by atoms with van der Waals surface area (Å²) >= 11 is 0. The average molecular weight is 180 g/mol. The Hall–Kier alpha value is -0.860. The maximum atomic E-state index is 9.61. The topological polar surface area (TPSA) is 29.5 Å². The summed E-state index contributed by atoms with van der Waals surface area (Å²) in [5, 5.41) is 9.61. The molecule has 2 nitrogen and oxygen atoms in total. The second-order valence-corrected chi connectivity index (χ2v) is 2.94. The average Bonchev–Trinajstić information content (AvgIpc) is 2.10. The Bertz CT molecular complexity index is 238. The molecule has 1 aliphatic rings. The summed E-state index contributed by atoms with van der Waals surface area (Å²) < 4.78 is 5.32. The molecule has 1 N–H and O–H groups in total. The second kappa shape index (κ2) is 5.00. The van der Waals surface area contributed by atoms with Crippen LogP contribution in [0.25, 0.3) is 0 Å². The second-order valence-electron chi connectivity index (χ2n) is 2.94. The first-order valence-electron chi connectivity index (χ1n) is 4.60. The van der Waals surface area contributed by atoms with Crippen molar-refractivity contribution in [2.24, 2.45) is 0 Å². The Labute approximate surface area is 79.2 Å². The molecule has 0 saturated carbocycles. The fourth-order valence-electron chi connectivity index (χ4n) is 1.32. The molecule has 0 aromatic heterocycles. The minimum Gasteiger partial charge on any atom is -0.386 e. The molecular weight excluding hydrogens is 164 g/mol. The van der Waals surface area contributed by atoms with E-state index in [1.165, 1.54) is 0 Å². The van der Waals surface area contributed by atoms with Crippen LogP contribution < -0.4 is 0 Å². The fourth-order valence-corrected chi connectivity index (χ4v) is 1.32. The van der Waals surface area contributed by atoms with E-state index in [1.807, 2.05) is 38.2 Å². The molecule has 13 heavy (non-hydrogen) atoms. The van der Waals surface area contributed by atoms with Crippen LogP contribution in [-0.2, 0) is 4.74 Å². The monoisotopic (exact) mass is 180 g/mol. The van der Waals surface area contributed by atoms with Crippen LogP contribution in [0.1, 0.15) is 13.8 Å². The molecule has 0 saturated heterocycles. The Morgan fingerprint density at radius 1 is 1.62 bits per heavy atom. The van der Waals surface area contributed by atoms with Gasteiger partial charge in [0.05, 0.1) is 0 Å². The lowest BCUT2D eigenvalue weighted by Gasteiger charge is -2.20. The molecule has 2 unspecified atom stereocenters. The molecule has 2 heteroatoms. The van der Waals surface area contributed by atoms with Gasteiger partial charge >= 0.3 is 0 Å². The molecule has 0 radical (unpaired) electrons. The Balaban J connectivity index is 2.61. The predicted octanol–water partition coefficient (Wildman–Crippen LogP) is 1.82. The summed E-state index contributed by atoms with van der Waals surface area (Å²) in [5.41, 5.74) is 1.03. The van der Waals surface area contributed by atoms with Gasteiger partial charge in [0.2, 0.25) is 0 Å². The first kappa shape index (κ1) is 10.2. The molecule has 2 atom stereocenters. The summed E-state index contributed by atoms with van der Waals surface area (Å²) in [5.74, 6) is 0. The van der Waals surface area contributed by atoms with Crippen molar-refractivity contribution in [1.82, 2.24) is 0 Å². The van der Waals surface area contributed by atoms with E-state index in [1.54, 1.807) is 6.08 Å². The highest BCUT2D eigenvalue weighted by Gasteiger charge is 2.17.